The summed E-state index contributed by atoms with van der Waals surface area (Å²) in [4.78, 5) is 13.1. The van der Waals surface area contributed by atoms with Crippen LogP contribution in [-0.4, -0.2) is 16.1 Å². The molecule has 2 N–H and O–H groups in total. The van der Waals surface area contributed by atoms with Crippen molar-refractivity contribution >= 4 is 22.5 Å². The number of aromatic nitrogens is 2. The number of nitrogens with one attached hydrogen (secondary N) is 2. The summed E-state index contributed by atoms with van der Waals surface area (Å²) in [5, 5.41) is 10.8. The lowest BCUT2D eigenvalue weighted by atomic mass is 9.77. The van der Waals surface area contributed by atoms with Crippen LogP contribution in [0, 0.1) is 5.82 Å². The molecule has 1 aliphatic rings. The Kier molecular flexibility index (Phi) is 3.56. The van der Waals surface area contributed by atoms with Gasteiger partial charge in [-0.05, 0) is 37.1 Å². The molecule has 1 aromatic heterocycles. The predicted molar refractivity (Wildman–Crippen MR) is 91.3 cm³/mol. The molecule has 0 radical (unpaired) electrons. The van der Waals surface area contributed by atoms with Gasteiger partial charge in [0.1, 0.15) is 5.82 Å². The Balaban J connectivity index is 1.68. The van der Waals surface area contributed by atoms with E-state index in [1.807, 2.05) is 18.2 Å². The Morgan fingerprint density at radius 1 is 1.17 bits per heavy atom. The first-order valence-corrected chi connectivity index (χ1v) is 8.19. The van der Waals surface area contributed by atoms with Gasteiger partial charge in [-0.2, -0.15) is 5.10 Å². The van der Waals surface area contributed by atoms with Crippen molar-refractivity contribution in [2.24, 2.45) is 0 Å². The molecule has 0 spiro atoms. The van der Waals surface area contributed by atoms with E-state index in [4.69, 9.17) is 0 Å². The molecule has 24 heavy (non-hydrogen) atoms. The van der Waals surface area contributed by atoms with Gasteiger partial charge in [0, 0.05) is 16.6 Å². The molecule has 4 rings (SSSR count). The van der Waals surface area contributed by atoms with Crippen LogP contribution in [0.15, 0.2) is 48.7 Å². The molecule has 0 atom stereocenters. The summed E-state index contributed by atoms with van der Waals surface area (Å²) in [6.45, 7) is 0. The highest BCUT2D eigenvalue weighted by atomic mass is 19.1. The van der Waals surface area contributed by atoms with Gasteiger partial charge in [-0.25, -0.2) is 4.39 Å². The van der Waals surface area contributed by atoms with Gasteiger partial charge in [0.05, 0.1) is 17.1 Å². The summed E-state index contributed by atoms with van der Waals surface area (Å²) < 4.78 is 14.4. The first kappa shape index (κ1) is 14.9. The largest absolute Gasteiger partial charge is 0.325 e. The molecule has 1 heterocycles. The summed E-state index contributed by atoms with van der Waals surface area (Å²) in [5.74, 6) is -0.442. The fourth-order valence-corrected chi connectivity index (χ4v) is 3.71. The molecular weight excluding hydrogens is 305 g/mol. The lowest BCUT2D eigenvalue weighted by molar-refractivity contribution is -0.121. The third-order valence-corrected chi connectivity index (χ3v) is 4.98. The minimum atomic E-state index is -0.783. The molecule has 0 bridgehead atoms. The van der Waals surface area contributed by atoms with Crippen LogP contribution in [0.1, 0.15) is 31.2 Å². The van der Waals surface area contributed by atoms with Crippen LogP contribution in [0.25, 0.3) is 10.9 Å². The van der Waals surface area contributed by atoms with Crippen molar-refractivity contribution in [1.82, 2.24) is 10.2 Å². The van der Waals surface area contributed by atoms with Gasteiger partial charge in [0.25, 0.3) is 0 Å². The standard InChI is InChI=1S/C19H18FN3O/c20-16-6-2-1-5-15(16)19(9-3-4-10-19)18(24)22-14-8-7-13-12-21-23-17(13)11-14/h1-2,5-8,11-12H,3-4,9-10H2,(H,21,23)(H,22,24). The summed E-state index contributed by atoms with van der Waals surface area (Å²) in [6.07, 6.45) is 4.94. The number of hydrogen-bond donors (Lipinski definition) is 2. The molecule has 4 nitrogen and oxygen atoms in total. The van der Waals surface area contributed by atoms with E-state index >= 15 is 0 Å². The number of aromatic amines is 1. The number of fused-ring (bicyclic) bond motifs is 1. The first-order valence-electron chi connectivity index (χ1n) is 8.19. The zero-order valence-electron chi connectivity index (χ0n) is 13.2. The lowest BCUT2D eigenvalue weighted by Crippen LogP contribution is -2.38. The van der Waals surface area contributed by atoms with Crippen LogP contribution in [0.3, 0.4) is 0 Å². The van der Waals surface area contributed by atoms with Crippen LogP contribution < -0.4 is 5.32 Å². The Hall–Kier alpha value is -2.69. The zero-order chi connectivity index (χ0) is 16.6. The van der Waals surface area contributed by atoms with Gasteiger partial charge in [0.2, 0.25) is 5.91 Å². The quantitative estimate of drug-likeness (QED) is 0.760. The van der Waals surface area contributed by atoms with Crippen LogP contribution in [0.5, 0.6) is 0 Å². The first-order chi connectivity index (χ1) is 11.7. The fourth-order valence-electron chi connectivity index (χ4n) is 3.71. The highest BCUT2D eigenvalue weighted by Gasteiger charge is 2.44. The number of H-pyrrole nitrogens is 1. The molecule has 3 aromatic rings. The van der Waals surface area contributed by atoms with Crippen molar-refractivity contribution in [1.29, 1.82) is 0 Å². The van der Waals surface area contributed by atoms with E-state index in [1.165, 1.54) is 6.07 Å². The minimum absolute atomic E-state index is 0.135. The molecule has 0 aliphatic heterocycles. The monoisotopic (exact) mass is 323 g/mol. The number of amides is 1. The van der Waals surface area contributed by atoms with Crippen molar-refractivity contribution in [3.05, 3.63) is 60.0 Å². The number of anilines is 1. The molecule has 0 unspecified atom stereocenters. The van der Waals surface area contributed by atoms with Gasteiger partial charge in [-0.3, -0.25) is 9.89 Å². The number of rotatable bonds is 3. The Morgan fingerprint density at radius 3 is 2.75 bits per heavy atom. The van der Waals surface area contributed by atoms with Crippen molar-refractivity contribution in [2.75, 3.05) is 5.32 Å². The van der Waals surface area contributed by atoms with Crippen LogP contribution >= 0.6 is 0 Å². The van der Waals surface area contributed by atoms with Gasteiger partial charge in [-0.15, -0.1) is 0 Å². The molecule has 122 valence electrons. The SMILES string of the molecule is O=C(Nc1ccc2cn[nH]c2c1)C1(c2ccccc2F)CCCC1. The van der Waals surface area contributed by atoms with E-state index in [2.05, 4.69) is 15.5 Å². The second kappa shape index (κ2) is 5.74. The van der Waals surface area contributed by atoms with E-state index in [0.717, 1.165) is 23.7 Å². The molecule has 1 amide bonds. The van der Waals surface area contributed by atoms with Crippen LogP contribution in [0.4, 0.5) is 10.1 Å². The fraction of sp³-hybridized carbons (Fsp3) is 0.263. The second-order valence-electron chi connectivity index (χ2n) is 6.40. The van der Waals surface area contributed by atoms with Crippen molar-refractivity contribution in [2.45, 2.75) is 31.1 Å². The highest BCUT2D eigenvalue weighted by Crippen LogP contribution is 2.43. The summed E-state index contributed by atoms with van der Waals surface area (Å²) >= 11 is 0. The highest BCUT2D eigenvalue weighted by molar-refractivity contribution is 6.00. The zero-order valence-corrected chi connectivity index (χ0v) is 13.2. The topological polar surface area (TPSA) is 57.8 Å². The van der Waals surface area contributed by atoms with Gasteiger partial charge >= 0.3 is 0 Å². The van der Waals surface area contributed by atoms with Crippen LogP contribution in [0.2, 0.25) is 0 Å². The summed E-state index contributed by atoms with van der Waals surface area (Å²) in [5.41, 5.74) is 1.27. The lowest BCUT2D eigenvalue weighted by Gasteiger charge is -2.28. The smallest absolute Gasteiger partial charge is 0.235 e. The van der Waals surface area contributed by atoms with Crippen molar-refractivity contribution in [3.63, 3.8) is 0 Å². The van der Waals surface area contributed by atoms with Crippen LogP contribution in [-0.2, 0) is 10.2 Å². The van der Waals surface area contributed by atoms with Crippen molar-refractivity contribution < 1.29 is 9.18 Å². The molecule has 2 aromatic carbocycles. The minimum Gasteiger partial charge on any atom is -0.325 e. The van der Waals surface area contributed by atoms with E-state index in [9.17, 15) is 9.18 Å². The van der Waals surface area contributed by atoms with Gasteiger partial charge in [0.15, 0.2) is 0 Å². The summed E-state index contributed by atoms with van der Waals surface area (Å²) in [6, 6.07) is 12.2. The molecule has 1 saturated carbocycles. The number of benzene rings is 2. The van der Waals surface area contributed by atoms with Gasteiger partial charge < -0.3 is 5.32 Å². The molecule has 0 saturated heterocycles. The Bertz CT molecular complexity index is 896. The maximum absolute atomic E-state index is 14.4. The third kappa shape index (κ3) is 2.37. The molecule has 5 heteroatoms. The van der Waals surface area contributed by atoms with E-state index in [1.54, 1.807) is 24.4 Å². The molecule has 1 fully saturated rings. The number of halogens is 1. The number of carbonyl (C=O) groups is 1. The van der Waals surface area contributed by atoms with E-state index < -0.39 is 5.41 Å². The maximum Gasteiger partial charge on any atom is 0.235 e. The van der Waals surface area contributed by atoms with Crippen molar-refractivity contribution in [3.8, 4) is 0 Å². The van der Waals surface area contributed by atoms with Gasteiger partial charge in [-0.1, -0.05) is 31.0 Å². The summed E-state index contributed by atoms with van der Waals surface area (Å²) in [7, 11) is 0. The molecular formula is C19H18FN3O. The van der Waals surface area contributed by atoms with E-state index in [0.29, 0.717) is 24.1 Å². The predicted octanol–water partition coefficient (Wildman–Crippen LogP) is 4.15. The average molecular weight is 323 g/mol. The number of hydrogen-bond acceptors (Lipinski definition) is 2. The number of nitrogens with zero attached hydrogens (tertiary/aromatic N) is 1. The second-order valence-corrected chi connectivity index (χ2v) is 6.40. The maximum atomic E-state index is 14.4. The third-order valence-electron chi connectivity index (χ3n) is 4.98. The van der Waals surface area contributed by atoms with E-state index in [-0.39, 0.29) is 11.7 Å². The normalized spacial score (nSPS) is 16.4. The number of carbonyl (C=O) groups excluding carboxylic acids is 1. The average Bonchev–Trinajstić information content (AvgIpc) is 3.24. The Morgan fingerprint density at radius 2 is 1.96 bits per heavy atom. The molecule has 1 aliphatic carbocycles. The Labute approximate surface area is 139 Å².